The first-order valence-corrected chi connectivity index (χ1v) is 18.4. The van der Waals surface area contributed by atoms with Crippen molar-refractivity contribution in [1.29, 1.82) is 0 Å². The van der Waals surface area contributed by atoms with E-state index in [1.165, 1.54) is 5.56 Å². The molecule has 228 valence electrons. The van der Waals surface area contributed by atoms with Crippen molar-refractivity contribution in [3.8, 4) is 0 Å². The largest absolute Gasteiger partial charge is 0.446 e. The molecule has 1 saturated carbocycles. The molecule has 4 nitrogen and oxygen atoms in total. The Labute approximate surface area is 252 Å². The molecule has 1 aromatic rings. The quantitative estimate of drug-likeness (QED) is 0.149. The molecule has 3 rings (SSSR count). The second kappa shape index (κ2) is 13.9. The molecule has 5 heteroatoms. The van der Waals surface area contributed by atoms with Gasteiger partial charge in [-0.2, -0.15) is 0 Å². The van der Waals surface area contributed by atoms with Gasteiger partial charge in [-0.05, 0) is 70.8 Å². The minimum absolute atomic E-state index is 0.121. The molecule has 0 radical (unpaired) electrons. The molecule has 0 aromatic heterocycles. The lowest BCUT2D eigenvalue weighted by molar-refractivity contribution is -0.116. The van der Waals surface area contributed by atoms with Crippen molar-refractivity contribution < 1.29 is 14.3 Å². The van der Waals surface area contributed by atoms with Crippen LogP contribution in [0.15, 0.2) is 54.4 Å². The smallest absolute Gasteiger partial charge is 0.414 e. The third kappa shape index (κ3) is 6.92. The van der Waals surface area contributed by atoms with Crippen LogP contribution < -0.4 is 0 Å². The lowest BCUT2D eigenvalue weighted by Gasteiger charge is -2.48. The zero-order valence-corrected chi connectivity index (χ0v) is 28.4. The molecule has 1 heterocycles. The average molecular weight is 580 g/mol. The van der Waals surface area contributed by atoms with E-state index in [2.05, 4.69) is 99.2 Å². The van der Waals surface area contributed by atoms with Crippen molar-refractivity contribution in [1.82, 2.24) is 4.90 Å². The fraction of sp³-hybridized carbons (Fsp3) is 0.667. The fourth-order valence-electron chi connectivity index (χ4n) is 8.52. The maximum Gasteiger partial charge on any atom is 0.414 e. The third-order valence-corrected chi connectivity index (χ3v) is 17.7. The van der Waals surface area contributed by atoms with Gasteiger partial charge in [0.25, 0.3) is 0 Å². The van der Waals surface area contributed by atoms with Crippen LogP contribution >= 0.6 is 0 Å². The third-order valence-electron chi connectivity index (χ3n) is 10.6. The Morgan fingerprint density at radius 2 is 1.68 bits per heavy atom. The molecule has 2 aliphatic rings. The van der Waals surface area contributed by atoms with E-state index in [1.54, 1.807) is 0 Å². The normalized spacial score (nSPS) is 24.1. The molecular weight excluding hydrogens is 522 g/mol. The van der Waals surface area contributed by atoms with Gasteiger partial charge in [-0.1, -0.05) is 105 Å². The van der Waals surface area contributed by atoms with Gasteiger partial charge < -0.3 is 4.74 Å². The molecule has 0 bridgehead atoms. The van der Waals surface area contributed by atoms with Crippen LogP contribution in [-0.2, 0) is 14.9 Å². The molecule has 1 aromatic carbocycles. The predicted octanol–water partition coefficient (Wildman–Crippen LogP) is 10.0. The standard InChI is InChI=1S/C36H57NO3Si/c1-11-12-14-19-30-23-32(38)34(41(25(2)3,26(4)5)27(6)7)24-37(30)35(39)40-33-22-28(8)20-21-31(33)36(9,10)29-17-15-13-16-18-29/h11,13,15-18,24-28,30-31,33H,1,12,14,19-23H2,2-10H3/t28-,30-,31-,33-/m1/s1. The number of nitrogens with zero attached hydrogens (tertiary/aromatic N) is 1. The van der Waals surface area contributed by atoms with Crippen LogP contribution in [0.3, 0.4) is 0 Å². The van der Waals surface area contributed by atoms with E-state index in [0.717, 1.165) is 43.7 Å². The minimum atomic E-state index is -2.25. The summed E-state index contributed by atoms with van der Waals surface area (Å²) < 4.78 is 6.56. The van der Waals surface area contributed by atoms with Crippen LogP contribution in [0.2, 0.25) is 16.6 Å². The zero-order valence-electron chi connectivity index (χ0n) is 27.4. The Hall–Kier alpha value is -2.14. The highest BCUT2D eigenvalue weighted by atomic mass is 28.3. The number of carbonyl (C=O) groups is 2. The van der Waals surface area contributed by atoms with Crippen LogP contribution in [0.4, 0.5) is 4.79 Å². The highest BCUT2D eigenvalue weighted by Crippen LogP contribution is 2.49. The number of unbranched alkanes of at least 4 members (excludes halogenated alkanes) is 1. The van der Waals surface area contributed by atoms with Crippen molar-refractivity contribution in [2.45, 2.75) is 141 Å². The molecule has 4 atom stereocenters. The van der Waals surface area contributed by atoms with Gasteiger partial charge in [-0.3, -0.25) is 9.69 Å². The number of amides is 1. The van der Waals surface area contributed by atoms with Gasteiger partial charge in [0, 0.05) is 24.6 Å². The summed E-state index contributed by atoms with van der Waals surface area (Å²) in [4.78, 5) is 30.0. The van der Waals surface area contributed by atoms with E-state index >= 15 is 0 Å². The summed E-state index contributed by atoms with van der Waals surface area (Å²) in [6, 6.07) is 10.5. The summed E-state index contributed by atoms with van der Waals surface area (Å²) in [7, 11) is -2.25. The average Bonchev–Trinajstić information content (AvgIpc) is 2.90. The highest BCUT2D eigenvalue weighted by molar-refractivity contribution is 6.93. The number of benzene rings is 1. The molecule has 0 N–H and O–H groups in total. The van der Waals surface area contributed by atoms with E-state index in [-0.39, 0.29) is 35.4 Å². The number of carbonyl (C=O) groups excluding carboxylic acids is 2. The first-order chi connectivity index (χ1) is 19.3. The summed E-state index contributed by atoms with van der Waals surface area (Å²) >= 11 is 0. The Morgan fingerprint density at radius 1 is 1.07 bits per heavy atom. The Bertz CT molecular complexity index is 1050. The lowest BCUT2D eigenvalue weighted by Crippen LogP contribution is -2.54. The summed E-state index contributed by atoms with van der Waals surface area (Å²) in [5, 5.41) is 0.938. The Morgan fingerprint density at radius 3 is 2.24 bits per heavy atom. The summed E-state index contributed by atoms with van der Waals surface area (Å²) in [5.74, 6) is 0.986. The van der Waals surface area contributed by atoms with Gasteiger partial charge in [-0.25, -0.2) is 4.79 Å². The molecular formula is C36H57NO3Si. The van der Waals surface area contributed by atoms with Crippen LogP contribution in [0.1, 0.15) is 113 Å². The van der Waals surface area contributed by atoms with Crippen molar-refractivity contribution >= 4 is 20.0 Å². The topological polar surface area (TPSA) is 46.6 Å². The molecule has 1 aliphatic heterocycles. The number of allylic oxidation sites excluding steroid dienone is 2. The first kappa shape index (κ1) is 33.4. The second-order valence-electron chi connectivity index (χ2n) is 14.4. The van der Waals surface area contributed by atoms with Crippen LogP contribution in [0.25, 0.3) is 0 Å². The predicted molar refractivity (Wildman–Crippen MR) is 175 cm³/mol. The molecule has 41 heavy (non-hydrogen) atoms. The maximum absolute atomic E-state index is 14.3. The minimum Gasteiger partial charge on any atom is -0.446 e. The first-order valence-electron chi connectivity index (χ1n) is 16.2. The SMILES string of the molecule is C=CCCC[C@@H]1CC(=O)C([Si](C(C)C)(C(C)C)C(C)C)=CN1C(=O)O[C@@H]1C[C@H](C)CC[C@H]1C(C)(C)c1ccccc1. The maximum atomic E-state index is 14.3. The number of hydrogen-bond acceptors (Lipinski definition) is 3. The monoisotopic (exact) mass is 579 g/mol. The van der Waals surface area contributed by atoms with Gasteiger partial charge in [0.2, 0.25) is 0 Å². The number of ether oxygens (including phenoxy) is 1. The molecule has 1 aliphatic carbocycles. The summed E-state index contributed by atoms with van der Waals surface area (Å²) in [5.41, 5.74) is 2.34. The fourth-order valence-corrected chi connectivity index (χ4v) is 15.3. The van der Waals surface area contributed by atoms with Crippen LogP contribution in [0.5, 0.6) is 0 Å². The molecule has 0 unspecified atom stereocenters. The number of ketones is 1. The number of rotatable bonds is 11. The Kier molecular flexibility index (Phi) is 11.3. The summed E-state index contributed by atoms with van der Waals surface area (Å²) in [6.07, 6.45) is 9.46. The number of Topliss-reactive ketones (excluding diaryl/α,β-unsaturated/α-hetero) is 1. The van der Waals surface area contributed by atoms with Gasteiger partial charge in [0.15, 0.2) is 5.78 Å². The van der Waals surface area contributed by atoms with E-state index in [4.69, 9.17) is 4.74 Å². The number of hydrogen-bond donors (Lipinski definition) is 0. The van der Waals surface area contributed by atoms with E-state index < -0.39 is 8.07 Å². The Balaban J connectivity index is 2.02. The molecule has 0 spiro atoms. The van der Waals surface area contributed by atoms with Gasteiger partial charge in [0.05, 0.1) is 0 Å². The molecule has 1 fully saturated rings. The van der Waals surface area contributed by atoms with E-state index in [0.29, 0.717) is 29.0 Å². The van der Waals surface area contributed by atoms with E-state index in [9.17, 15) is 9.59 Å². The van der Waals surface area contributed by atoms with Gasteiger partial charge >= 0.3 is 6.09 Å². The summed E-state index contributed by atoms with van der Waals surface area (Å²) in [6.45, 7) is 24.4. The lowest BCUT2D eigenvalue weighted by atomic mass is 9.64. The molecule has 1 amide bonds. The highest BCUT2D eigenvalue weighted by Gasteiger charge is 2.51. The van der Waals surface area contributed by atoms with Crippen LogP contribution in [-0.4, -0.2) is 37.0 Å². The van der Waals surface area contributed by atoms with Crippen molar-refractivity contribution in [3.63, 3.8) is 0 Å². The van der Waals surface area contributed by atoms with Crippen molar-refractivity contribution in [2.24, 2.45) is 11.8 Å². The second-order valence-corrected chi connectivity index (χ2v) is 20.3. The van der Waals surface area contributed by atoms with Crippen molar-refractivity contribution in [3.05, 3.63) is 59.9 Å². The zero-order chi connectivity index (χ0) is 30.5. The molecule has 0 saturated heterocycles. The van der Waals surface area contributed by atoms with Gasteiger partial charge in [-0.15, -0.1) is 6.58 Å². The van der Waals surface area contributed by atoms with E-state index in [1.807, 2.05) is 17.2 Å². The van der Waals surface area contributed by atoms with Crippen LogP contribution in [0, 0.1) is 11.8 Å². The van der Waals surface area contributed by atoms with Gasteiger partial charge in [0.1, 0.15) is 14.2 Å². The van der Waals surface area contributed by atoms with Crippen molar-refractivity contribution in [2.75, 3.05) is 0 Å².